The molecule has 0 heterocycles. The van der Waals surface area contributed by atoms with Gasteiger partial charge in [-0.1, -0.05) is 26.2 Å². The molecular weight excluding hydrogens is 240 g/mol. The highest BCUT2D eigenvalue weighted by Crippen LogP contribution is 2.07. The Kier molecular flexibility index (Phi) is 9.72. The first-order valence-electron chi connectivity index (χ1n) is 6.38. The standard InChI is InChI=1S/C11H26N2O3S/c1-2-3-4-7-10-17(14,15)16-11(13)8-5-6-9-12/h11H,2-10,12-13H2,1H3. The highest BCUT2D eigenvalue weighted by Gasteiger charge is 2.15. The number of hydrogen-bond acceptors (Lipinski definition) is 5. The van der Waals surface area contributed by atoms with Crippen molar-refractivity contribution in [2.24, 2.45) is 11.5 Å². The van der Waals surface area contributed by atoms with Crippen LogP contribution in [-0.4, -0.2) is 26.9 Å². The molecule has 0 spiro atoms. The first kappa shape index (κ1) is 16.8. The Morgan fingerprint density at radius 2 is 1.82 bits per heavy atom. The summed E-state index contributed by atoms with van der Waals surface area (Å²) in [5.41, 5.74) is 10.9. The fourth-order valence-electron chi connectivity index (χ4n) is 1.48. The van der Waals surface area contributed by atoms with Crippen LogP contribution in [0.15, 0.2) is 0 Å². The lowest BCUT2D eigenvalue weighted by Crippen LogP contribution is -2.28. The van der Waals surface area contributed by atoms with E-state index in [0.29, 0.717) is 19.4 Å². The predicted octanol–water partition coefficient (Wildman–Crippen LogP) is 1.33. The van der Waals surface area contributed by atoms with Gasteiger partial charge in [-0.25, -0.2) is 0 Å². The maximum atomic E-state index is 11.5. The molecule has 1 atom stereocenters. The molecule has 0 bridgehead atoms. The minimum absolute atomic E-state index is 0.0671. The van der Waals surface area contributed by atoms with Crippen LogP contribution in [0.5, 0.6) is 0 Å². The second kappa shape index (κ2) is 9.82. The Morgan fingerprint density at radius 3 is 2.41 bits per heavy atom. The molecule has 6 heteroatoms. The molecule has 5 nitrogen and oxygen atoms in total. The van der Waals surface area contributed by atoms with Gasteiger partial charge >= 0.3 is 0 Å². The first-order valence-corrected chi connectivity index (χ1v) is 7.96. The molecular formula is C11H26N2O3S. The van der Waals surface area contributed by atoms with Crippen LogP contribution in [0.25, 0.3) is 0 Å². The molecule has 0 rings (SSSR count). The number of unbranched alkanes of at least 4 members (excludes halogenated alkanes) is 4. The largest absolute Gasteiger partial charge is 0.330 e. The van der Waals surface area contributed by atoms with Gasteiger partial charge in [0, 0.05) is 0 Å². The van der Waals surface area contributed by atoms with Gasteiger partial charge in [-0.2, -0.15) is 8.42 Å². The van der Waals surface area contributed by atoms with Crippen LogP contribution in [0.1, 0.15) is 51.9 Å². The Labute approximate surface area is 105 Å². The zero-order valence-corrected chi connectivity index (χ0v) is 11.5. The summed E-state index contributed by atoms with van der Waals surface area (Å²) in [6, 6.07) is 0. The summed E-state index contributed by atoms with van der Waals surface area (Å²) in [6.07, 6.45) is 5.14. The van der Waals surface area contributed by atoms with Crippen LogP contribution in [0, 0.1) is 0 Å². The topological polar surface area (TPSA) is 95.4 Å². The van der Waals surface area contributed by atoms with E-state index in [2.05, 4.69) is 6.92 Å². The van der Waals surface area contributed by atoms with Gasteiger partial charge in [0.1, 0.15) is 6.23 Å². The lowest BCUT2D eigenvalue weighted by molar-refractivity contribution is 0.202. The number of rotatable bonds is 11. The molecule has 0 aliphatic heterocycles. The minimum Gasteiger partial charge on any atom is -0.330 e. The summed E-state index contributed by atoms with van der Waals surface area (Å²) in [4.78, 5) is 0. The fourth-order valence-corrected chi connectivity index (χ4v) is 2.61. The van der Waals surface area contributed by atoms with E-state index < -0.39 is 16.3 Å². The lowest BCUT2D eigenvalue weighted by Gasteiger charge is -2.12. The lowest BCUT2D eigenvalue weighted by atomic mass is 10.2. The molecule has 0 aromatic rings. The zero-order chi connectivity index (χ0) is 13.1. The normalized spacial score (nSPS) is 13.8. The number of nitrogens with two attached hydrogens (primary N) is 2. The van der Waals surface area contributed by atoms with Crippen LogP contribution in [0.4, 0.5) is 0 Å². The molecule has 0 saturated heterocycles. The third-order valence-electron chi connectivity index (χ3n) is 2.46. The average molecular weight is 266 g/mol. The molecule has 0 fully saturated rings. The average Bonchev–Trinajstić information content (AvgIpc) is 2.24. The summed E-state index contributed by atoms with van der Waals surface area (Å²) in [7, 11) is -3.45. The molecule has 0 aromatic carbocycles. The number of hydrogen-bond donors (Lipinski definition) is 2. The monoisotopic (exact) mass is 266 g/mol. The van der Waals surface area contributed by atoms with Crippen LogP contribution in [-0.2, 0) is 14.3 Å². The molecule has 104 valence electrons. The van der Waals surface area contributed by atoms with Gasteiger partial charge in [-0.05, 0) is 32.2 Å². The molecule has 0 aromatic heterocycles. The van der Waals surface area contributed by atoms with Crippen molar-refractivity contribution in [2.45, 2.75) is 58.1 Å². The highest BCUT2D eigenvalue weighted by molar-refractivity contribution is 7.86. The van der Waals surface area contributed by atoms with Gasteiger partial charge in [0.05, 0.1) is 5.75 Å². The van der Waals surface area contributed by atoms with E-state index in [1.165, 1.54) is 0 Å². The maximum absolute atomic E-state index is 11.5. The summed E-state index contributed by atoms with van der Waals surface area (Å²) in [5, 5.41) is 0. The Balaban J connectivity index is 3.75. The first-order chi connectivity index (χ1) is 8.02. The van der Waals surface area contributed by atoms with E-state index in [-0.39, 0.29) is 5.75 Å². The molecule has 0 amide bonds. The molecule has 0 radical (unpaired) electrons. The van der Waals surface area contributed by atoms with Crippen molar-refractivity contribution in [3.8, 4) is 0 Å². The molecule has 4 N–H and O–H groups in total. The van der Waals surface area contributed by atoms with Crippen molar-refractivity contribution < 1.29 is 12.6 Å². The van der Waals surface area contributed by atoms with Crippen molar-refractivity contribution in [2.75, 3.05) is 12.3 Å². The van der Waals surface area contributed by atoms with Crippen LogP contribution in [0.2, 0.25) is 0 Å². The third-order valence-corrected chi connectivity index (χ3v) is 3.79. The summed E-state index contributed by atoms with van der Waals surface area (Å²) in [5.74, 6) is 0.0671. The van der Waals surface area contributed by atoms with Gasteiger partial charge in [0.2, 0.25) is 0 Å². The summed E-state index contributed by atoms with van der Waals surface area (Å²) in [6.45, 7) is 2.68. The Hall–Kier alpha value is -0.170. The van der Waals surface area contributed by atoms with E-state index in [1.54, 1.807) is 0 Å². The van der Waals surface area contributed by atoms with Crippen molar-refractivity contribution in [1.82, 2.24) is 0 Å². The van der Waals surface area contributed by atoms with E-state index in [4.69, 9.17) is 15.7 Å². The third kappa shape index (κ3) is 10.7. The van der Waals surface area contributed by atoms with E-state index >= 15 is 0 Å². The molecule has 0 aliphatic rings. The van der Waals surface area contributed by atoms with E-state index in [9.17, 15) is 8.42 Å². The smallest absolute Gasteiger partial charge is 0.268 e. The SMILES string of the molecule is CCCCCCS(=O)(=O)OC(N)CCCCN. The van der Waals surface area contributed by atoms with E-state index in [0.717, 1.165) is 32.1 Å². The second-order valence-electron chi connectivity index (χ2n) is 4.24. The fraction of sp³-hybridized carbons (Fsp3) is 1.00. The Morgan fingerprint density at radius 1 is 1.12 bits per heavy atom. The van der Waals surface area contributed by atoms with Gasteiger partial charge in [0.15, 0.2) is 0 Å². The Bertz CT molecular complexity index is 268. The molecule has 1 unspecified atom stereocenters. The summed E-state index contributed by atoms with van der Waals surface area (Å²) < 4.78 is 27.9. The van der Waals surface area contributed by atoms with Crippen molar-refractivity contribution >= 4 is 10.1 Å². The molecule has 0 aliphatic carbocycles. The molecule has 17 heavy (non-hydrogen) atoms. The molecule has 0 saturated carbocycles. The highest BCUT2D eigenvalue weighted by atomic mass is 32.2. The minimum atomic E-state index is -3.45. The van der Waals surface area contributed by atoms with Crippen molar-refractivity contribution in [3.05, 3.63) is 0 Å². The van der Waals surface area contributed by atoms with Crippen LogP contribution < -0.4 is 11.5 Å². The maximum Gasteiger partial charge on any atom is 0.268 e. The zero-order valence-electron chi connectivity index (χ0n) is 10.7. The predicted molar refractivity (Wildman–Crippen MR) is 69.9 cm³/mol. The second-order valence-corrected chi connectivity index (χ2v) is 5.96. The quantitative estimate of drug-likeness (QED) is 0.334. The van der Waals surface area contributed by atoms with Gasteiger partial charge in [0.25, 0.3) is 10.1 Å². The summed E-state index contributed by atoms with van der Waals surface area (Å²) >= 11 is 0. The van der Waals surface area contributed by atoms with Gasteiger partial charge in [-0.3, -0.25) is 4.18 Å². The van der Waals surface area contributed by atoms with Crippen molar-refractivity contribution in [3.63, 3.8) is 0 Å². The van der Waals surface area contributed by atoms with E-state index in [1.807, 2.05) is 0 Å². The van der Waals surface area contributed by atoms with Gasteiger partial charge in [-0.15, -0.1) is 0 Å². The van der Waals surface area contributed by atoms with Crippen LogP contribution >= 0.6 is 0 Å². The van der Waals surface area contributed by atoms with Crippen LogP contribution in [0.3, 0.4) is 0 Å². The van der Waals surface area contributed by atoms with Gasteiger partial charge < -0.3 is 11.5 Å². The van der Waals surface area contributed by atoms with Crippen molar-refractivity contribution in [1.29, 1.82) is 0 Å².